The lowest BCUT2D eigenvalue weighted by atomic mass is 10.0. The standard InChI is InChI=1S/C21H17N3O3S/c1-2-27-18-11-7-6-10-16(18)23-20(26)15(12-22)19(25)17-13-28-21(24-17)14-8-4-3-5-9-14/h3-11,13,15H,2H2,1H3,(H,23,26). The summed E-state index contributed by atoms with van der Waals surface area (Å²) in [5.74, 6) is -2.37. The summed E-state index contributed by atoms with van der Waals surface area (Å²) < 4.78 is 5.46. The van der Waals surface area contributed by atoms with E-state index in [4.69, 9.17) is 4.74 Å². The van der Waals surface area contributed by atoms with Gasteiger partial charge in [-0.25, -0.2) is 4.98 Å². The molecule has 1 aromatic heterocycles. The fourth-order valence-electron chi connectivity index (χ4n) is 2.54. The monoisotopic (exact) mass is 391 g/mol. The molecule has 0 saturated carbocycles. The van der Waals surface area contributed by atoms with Gasteiger partial charge in [-0.3, -0.25) is 9.59 Å². The SMILES string of the molecule is CCOc1ccccc1NC(=O)C(C#N)C(=O)c1csc(-c2ccccc2)n1. The Labute approximate surface area is 166 Å². The van der Waals surface area contributed by atoms with Crippen LogP contribution in [0.2, 0.25) is 0 Å². The number of para-hydroxylation sites is 2. The Morgan fingerprint density at radius 3 is 2.61 bits per heavy atom. The number of hydrogen-bond donors (Lipinski definition) is 1. The first kappa shape index (κ1) is 19.3. The third-order valence-corrected chi connectivity index (χ3v) is 4.77. The van der Waals surface area contributed by atoms with Crippen molar-refractivity contribution in [1.29, 1.82) is 5.26 Å². The van der Waals surface area contributed by atoms with Crippen molar-refractivity contribution in [2.24, 2.45) is 5.92 Å². The van der Waals surface area contributed by atoms with Crippen LogP contribution in [-0.4, -0.2) is 23.3 Å². The Morgan fingerprint density at radius 2 is 1.89 bits per heavy atom. The van der Waals surface area contributed by atoms with Crippen LogP contribution in [0.25, 0.3) is 10.6 Å². The highest BCUT2D eigenvalue weighted by Gasteiger charge is 2.30. The molecule has 0 aliphatic rings. The lowest BCUT2D eigenvalue weighted by Gasteiger charge is -2.12. The van der Waals surface area contributed by atoms with Gasteiger partial charge < -0.3 is 10.1 Å². The molecular formula is C21H17N3O3S. The normalized spacial score (nSPS) is 11.3. The number of nitriles is 1. The number of rotatable bonds is 7. The van der Waals surface area contributed by atoms with E-state index in [-0.39, 0.29) is 5.69 Å². The largest absolute Gasteiger partial charge is 0.492 e. The molecule has 2 aromatic carbocycles. The van der Waals surface area contributed by atoms with Crippen LogP contribution >= 0.6 is 11.3 Å². The molecule has 0 aliphatic heterocycles. The van der Waals surface area contributed by atoms with Crippen molar-refractivity contribution in [3.8, 4) is 22.4 Å². The zero-order chi connectivity index (χ0) is 19.9. The maximum absolute atomic E-state index is 12.7. The summed E-state index contributed by atoms with van der Waals surface area (Å²) in [5.41, 5.74) is 1.38. The maximum Gasteiger partial charge on any atom is 0.249 e. The van der Waals surface area contributed by atoms with Crippen molar-refractivity contribution in [3.63, 3.8) is 0 Å². The minimum atomic E-state index is -1.50. The summed E-state index contributed by atoms with van der Waals surface area (Å²) in [6.07, 6.45) is 0. The summed E-state index contributed by atoms with van der Waals surface area (Å²) in [5, 5.41) is 14.2. The first-order chi connectivity index (χ1) is 13.6. The quantitative estimate of drug-likeness (QED) is 0.482. The number of aromatic nitrogens is 1. The topological polar surface area (TPSA) is 92.1 Å². The molecule has 0 saturated heterocycles. The molecule has 0 spiro atoms. The minimum absolute atomic E-state index is 0.101. The highest BCUT2D eigenvalue weighted by molar-refractivity contribution is 7.13. The molecule has 0 bridgehead atoms. The third-order valence-electron chi connectivity index (χ3n) is 3.88. The number of ether oxygens (including phenoxy) is 1. The summed E-state index contributed by atoms with van der Waals surface area (Å²) in [6, 6.07) is 18.0. The summed E-state index contributed by atoms with van der Waals surface area (Å²) >= 11 is 1.29. The molecular weight excluding hydrogens is 374 g/mol. The fraction of sp³-hybridized carbons (Fsp3) is 0.143. The number of nitrogens with one attached hydrogen (secondary N) is 1. The minimum Gasteiger partial charge on any atom is -0.492 e. The molecule has 3 rings (SSSR count). The number of thiazole rings is 1. The van der Waals surface area contributed by atoms with E-state index in [2.05, 4.69) is 10.3 Å². The van der Waals surface area contributed by atoms with E-state index >= 15 is 0 Å². The third kappa shape index (κ3) is 4.24. The number of ketones is 1. The number of anilines is 1. The van der Waals surface area contributed by atoms with Crippen LogP contribution in [0, 0.1) is 17.2 Å². The Balaban J connectivity index is 1.78. The van der Waals surface area contributed by atoms with Crippen LogP contribution in [0.1, 0.15) is 17.4 Å². The van der Waals surface area contributed by atoms with Crippen LogP contribution in [0.3, 0.4) is 0 Å². The van der Waals surface area contributed by atoms with Crippen LogP contribution in [0.15, 0.2) is 60.0 Å². The number of nitrogens with zero attached hydrogens (tertiary/aromatic N) is 2. The van der Waals surface area contributed by atoms with E-state index in [1.54, 1.807) is 35.7 Å². The summed E-state index contributed by atoms with van der Waals surface area (Å²) in [7, 11) is 0. The fourth-order valence-corrected chi connectivity index (χ4v) is 3.36. The summed E-state index contributed by atoms with van der Waals surface area (Å²) in [6.45, 7) is 2.25. The molecule has 1 unspecified atom stereocenters. The van der Waals surface area contributed by atoms with E-state index < -0.39 is 17.6 Å². The highest BCUT2D eigenvalue weighted by atomic mass is 32.1. The Bertz CT molecular complexity index is 1020. The molecule has 7 heteroatoms. The van der Waals surface area contributed by atoms with Gasteiger partial charge >= 0.3 is 0 Å². The first-order valence-corrected chi connectivity index (χ1v) is 9.49. The van der Waals surface area contributed by atoms with Gasteiger partial charge in [-0.15, -0.1) is 11.3 Å². The average Bonchev–Trinajstić information content (AvgIpc) is 3.21. The van der Waals surface area contributed by atoms with Crippen LogP contribution < -0.4 is 10.1 Å². The Kier molecular flexibility index (Phi) is 6.14. The van der Waals surface area contributed by atoms with E-state index in [0.717, 1.165) is 5.56 Å². The second kappa shape index (κ2) is 8.93. The van der Waals surface area contributed by atoms with E-state index in [1.807, 2.05) is 37.3 Å². The number of Topliss-reactive ketones (excluding diaryl/α,β-unsaturated/α-hetero) is 1. The molecule has 0 aliphatic carbocycles. The number of benzene rings is 2. The summed E-state index contributed by atoms with van der Waals surface area (Å²) in [4.78, 5) is 29.5. The predicted molar refractivity (Wildman–Crippen MR) is 107 cm³/mol. The van der Waals surface area contributed by atoms with E-state index in [9.17, 15) is 14.9 Å². The number of hydrogen-bond acceptors (Lipinski definition) is 6. The van der Waals surface area contributed by atoms with Gasteiger partial charge in [0.2, 0.25) is 11.7 Å². The van der Waals surface area contributed by atoms with Gasteiger partial charge in [-0.05, 0) is 19.1 Å². The highest BCUT2D eigenvalue weighted by Crippen LogP contribution is 2.26. The molecule has 28 heavy (non-hydrogen) atoms. The van der Waals surface area contributed by atoms with Gasteiger partial charge in [0.1, 0.15) is 16.5 Å². The van der Waals surface area contributed by atoms with Crippen molar-refractivity contribution < 1.29 is 14.3 Å². The van der Waals surface area contributed by atoms with Gasteiger partial charge in [-0.1, -0.05) is 42.5 Å². The van der Waals surface area contributed by atoms with Crippen molar-refractivity contribution in [1.82, 2.24) is 4.98 Å². The van der Waals surface area contributed by atoms with Crippen molar-refractivity contribution in [3.05, 3.63) is 65.7 Å². The predicted octanol–water partition coefficient (Wildman–Crippen LogP) is 4.17. The first-order valence-electron chi connectivity index (χ1n) is 8.61. The van der Waals surface area contributed by atoms with Crippen molar-refractivity contribution in [2.75, 3.05) is 11.9 Å². The zero-order valence-electron chi connectivity index (χ0n) is 15.1. The number of carbonyl (C=O) groups excluding carboxylic acids is 2. The van der Waals surface area contributed by atoms with Crippen molar-refractivity contribution in [2.45, 2.75) is 6.92 Å². The molecule has 0 radical (unpaired) electrons. The molecule has 140 valence electrons. The molecule has 3 aromatic rings. The second-order valence-corrected chi connectivity index (χ2v) is 6.61. The molecule has 1 atom stereocenters. The van der Waals surface area contributed by atoms with Gasteiger partial charge in [0.25, 0.3) is 0 Å². The lowest BCUT2D eigenvalue weighted by Crippen LogP contribution is -2.29. The Morgan fingerprint density at radius 1 is 1.18 bits per heavy atom. The molecule has 1 N–H and O–H groups in total. The van der Waals surface area contributed by atoms with Crippen LogP contribution in [-0.2, 0) is 4.79 Å². The average molecular weight is 391 g/mol. The zero-order valence-corrected chi connectivity index (χ0v) is 15.9. The molecule has 1 amide bonds. The van der Waals surface area contributed by atoms with Gasteiger partial charge in [-0.2, -0.15) is 5.26 Å². The molecule has 0 fully saturated rings. The number of amides is 1. The lowest BCUT2D eigenvalue weighted by molar-refractivity contribution is -0.117. The second-order valence-electron chi connectivity index (χ2n) is 5.75. The number of carbonyl (C=O) groups is 2. The van der Waals surface area contributed by atoms with Crippen LogP contribution in [0.4, 0.5) is 5.69 Å². The van der Waals surface area contributed by atoms with E-state index in [1.165, 1.54) is 11.3 Å². The van der Waals surface area contributed by atoms with Gasteiger partial charge in [0.15, 0.2) is 5.92 Å². The maximum atomic E-state index is 12.7. The van der Waals surface area contributed by atoms with Crippen molar-refractivity contribution >= 4 is 28.7 Å². The van der Waals surface area contributed by atoms with E-state index in [0.29, 0.717) is 23.1 Å². The Hall–Kier alpha value is -3.50. The molecule has 6 nitrogen and oxygen atoms in total. The van der Waals surface area contributed by atoms with Gasteiger partial charge in [0, 0.05) is 10.9 Å². The molecule has 1 heterocycles. The van der Waals surface area contributed by atoms with Crippen LogP contribution in [0.5, 0.6) is 5.75 Å². The smallest absolute Gasteiger partial charge is 0.249 e. The van der Waals surface area contributed by atoms with Gasteiger partial charge in [0.05, 0.1) is 18.4 Å².